The van der Waals surface area contributed by atoms with Gasteiger partial charge in [-0.1, -0.05) is 22.0 Å². The Labute approximate surface area is 142 Å². The highest BCUT2D eigenvalue weighted by Crippen LogP contribution is 2.27. The molecule has 3 rings (SSSR count). The molecule has 0 aromatic heterocycles. The Kier molecular flexibility index (Phi) is 4.34. The van der Waals surface area contributed by atoms with Gasteiger partial charge in [-0.05, 0) is 36.4 Å². The van der Waals surface area contributed by atoms with Crippen molar-refractivity contribution in [1.29, 1.82) is 0 Å². The molecule has 5 nitrogen and oxygen atoms in total. The molecule has 1 atom stereocenters. The molecule has 1 saturated heterocycles. The van der Waals surface area contributed by atoms with E-state index in [0.29, 0.717) is 11.4 Å². The van der Waals surface area contributed by atoms with Crippen molar-refractivity contribution in [1.82, 2.24) is 0 Å². The third-order valence-corrected chi connectivity index (χ3v) is 4.17. The molecule has 0 spiro atoms. The second kappa shape index (κ2) is 6.42. The van der Waals surface area contributed by atoms with Gasteiger partial charge in [0.15, 0.2) is 0 Å². The van der Waals surface area contributed by atoms with E-state index in [9.17, 15) is 9.59 Å². The normalized spacial score (nSPS) is 17.5. The fraction of sp³-hybridized carbons (Fsp3) is 0.176. The molecule has 23 heavy (non-hydrogen) atoms. The van der Waals surface area contributed by atoms with Crippen molar-refractivity contribution in [3.05, 3.63) is 53.0 Å². The molecule has 0 radical (unpaired) electrons. The first-order valence-corrected chi connectivity index (χ1v) is 7.91. The molecule has 1 heterocycles. The van der Waals surface area contributed by atoms with Crippen LogP contribution in [-0.2, 0) is 9.59 Å². The van der Waals surface area contributed by atoms with Crippen LogP contribution in [0.1, 0.15) is 6.42 Å². The first kappa shape index (κ1) is 15.6. The average Bonchev–Trinajstić information content (AvgIpc) is 2.83. The maximum Gasteiger partial charge on any atom is 0.256 e. The minimum Gasteiger partial charge on any atom is -0.497 e. The quantitative estimate of drug-likeness (QED) is 0.834. The third-order valence-electron chi connectivity index (χ3n) is 3.64. The minimum atomic E-state index is -0.571. The molecule has 1 aliphatic rings. The van der Waals surface area contributed by atoms with Gasteiger partial charge in [0.2, 0.25) is 5.91 Å². The number of amides is 2. The van der Waals surface area contributed by atoms with Gasteiger partial charge in [-0.2, -0.15) is 0 Å². The molecule has 0 aliphatic carbocycles. The fourth-order valence-electron chi connectivity index (χ4n) is 2.52. The maximum atomic E-state index is 12.6. The van der Waals surface area contributed by atoms with E-state index in [2.05, 4.69) is 21.2 Å². The Morgan fingerprint density at radius 2 is 1.91 bits per heavy atom. The van der Waals surface area contributed by atoms with E-state index in [0.717, 1.165) is 10.2 Å². The van der Waals surface area contributed by atoms with E-state index in [1.54, 1.807) is 37.4 Å². The third kappa shape index (κ3) is 3.22. The van der Waals surface area contributed by atoms with E-state index >= 15 is 0 Å². The smallest absolute Gasteiger partial charge is 0.256 e. The van der Waals surface area contributed by atoms with Crippen LogP contribution in [0.4, 0.5) is 11.4 Å². The molecule has 6 heteroatoms. The number of hydrogen-bond donors (Lipinski definition) is 1. The summed E-state index contributed by atoms with van der Waals surface area (Å²) in [6.07, 6.45) is 0.131. The average molecular weight is 375 g/mol. The van der Waals surface area contributed by atoms with Crippen LogP contribution < -0.4 is 15.0 Å². The summed E-state index contributed by atoms with van der Waals surface area (Å²) in [5.41, 5.74) is 1.33. The maximum absolute atomic E-state index is 12.6. The predicted molar refractivity (Wildman–Crippen MR) is 91.7 cm³/mol. The van der Waals surface area contributed by atoms with Crippen molar-refractivity contribution in [2.24, 2.45) is 0 Å². The van der Waals surface area contributed by atoms with Crippen LogP contribution in [0, 0.1) is 0 Å². The minimum absolute atomic E-state index is 0.131. The topological polar surface area (TPSA) is 58.6 Å². The summed E-state index contributed by atoms with van der Waals surface area (Å²) in [6.45, 7) is 0. The van der Waals surface area contributed by atoms with Gasteiger partial charge in [-0.25, -0.2) is 4.90 Å². The van der Waals surface area contributed by atoms with Gasteiger partial charge >= 0.3 is 0 Å². The lowest BCUT2D eigenvalue weighted by Gasteiger charge is -2.16. The number of carbonyl (C=O) groups excluding carboxylic acids is 2. The highest BCUT2D eigenvalue weighted by molar-refractivity contribution is 9.10. The van der Waals surface area contributed by atoms with Gasteiger partial charge in [0.1, 0.15) is 11.8 Å². The number of rotatable bonds is 4. The Morgan fingerprint density at radius 1 is 1.17 bits per heavy atom. The van der Waals surface area contributed by atoms with E-state index in [-0.39, 0.29) is 18.2 Å². The molecule has 118 valence electrons. The van der Waals surface area contributed by atoms with Gasteiger partial charge in [0, 0.05) is 16.2 Å². The first-order chi connectivity index (χ1) is 11.1. The zero-order valence-corrected chi connectivity index (χ0v) is 14.0. The summed E-state index contributed by atoms with van der Waals surface area (Å²) < 4.78 is 6.06. The molecule has 2 aromatic carbocycles. The monoisotopic (exact) mass is 374 g/mol. The lowest BCUT2D eigenvalue weighted by atomic mass is 10.2. The zero-order valence-electron chi connectivity index (χ0n) is 12.5. The highest BCUT2D eigenvalue weighted by atomic mass is 79.9. The first-order valence-electron chi connectivity index (χ1n) is 7.11. The summed E-state index contributed by atoms with van der Waals surface area (Å²) in [4.78, 5) is 26.0. The van der Waals surface area contributed by atoms with Gasteiger partial charge in [-0.15, -0.1) is 0 Å². The fourth-order valence-corrected chi connectivity index (χ4v) is 2.78. The molecule has 1 N–H and O–H groups in total. The molecule has 0 bridgehead atoms. The number of nitrogens with one attached hydrogen (secondary N) is 1. The van der Waals surface area contributed by atoms with Crippen molar-refractivity contribution in [3.8, 4) is 5.75 Å². The van der Waals surface area contributed by atoms with Gasteiger partial charge in [0.25, 0.3) is 5.91 Å². The predicted octanol–water partition coefficient (Wildman–Crippen LogP) is 3.20. The molecule has 0 saturated carbocycles. The number of ether oxygens (including phenoxy) is 1. The Balaban J connectivity index is 1.79. The van der Waals surface area contributed by atoms with Crippen LogP contribution in [0.2, 0.25) is 0 Å². The summed E-state index contributed by atoms with van der Waals surface area (Å²) in [5.74, 6) is 0.231. The second-order valence-corrected chi connectivity index (χ2v) is 6.09. The van der Waals surface area contributed by atoms with Gasteiger partial charge in [-0.3, -0.25) is 9.59 Å². The van der Waals surface area contributed by atoms with Gasteiger partial charge < -0.3 is 10.1 Å². The van der Waals surface area contributed by atoms with E-state index in [4.69, 9.17) is 4.74 Å². The number of methoxy groups -OCH3 is 1. The number of carbonyl (C=O) groups is 2. The van der Waals surface area contributed by atoms with Crippen LogP contribution in [0.3, 0.4) is 0 Å². The Morgan fingerprint density at radius 3 is 2.61 bits per heavy atom. The van der Waals surface area contributed by atoms with Crippen molar-refractivity contribution < 1.29 is 14.3 Å². The summed E-state index contributed by atoms with van der Waals surface area (Å²) >= 11 is 3.34. The molecular formula is C17H15BrN2O3. The van der Waals surface area contributed by atoms with Crippen LogP contribution in [0.25, 0.3) is 0 Å². The van der Waals surface area contributed by atoms with E-state index in [1.165, 1.54) is 4.90 Å². The lowest BCUT2D eigenvalue weighted by Crippen LogP contribution is -2.34. The molecule has 1 unspecified atom stereocenters. The number of anilines is 2. The second-order valence-electron chi connectivity index (χ2n) is 5.18. The summed E-state index contributed by atoms with van der Waals surface area (Å²) in [7, 11) is 1.58. The molecular weight excluding hydrogens is 360 g/mol. The van der Waals surface area contributed by atoms with Gasteiger partial charge in [0.05, 0.1) is 19.2 Å². The molecule has 1 aliphatic heterocycles. The van der Waals surface area contributed by atoms with E-state index in [1.807, 2.05) is 18.2 Å². The number of halogens is 1. The van der Waals surface area contributed by atoms with Crippen LogP contribution in [0.5, 0.6) is 5.75 Å². The molecule has 2 amide bonds. The number of hydrogen-bond acceptors (Lipinski definition) is 4. The van der Waals surface area contributed by atoms with Crippen molar-refractivity contribution in [3.63, 3.8) is 0 Å². The Bertz CT molecular complexity index is 746. The number of nitrogens with zero attached hydrogens (tertiary/aromatic N) is 1. The lowest BCUT2D eigenvalue weighted by molar-refractivity contribution is -0.121. The molecule has 2 aromatic rings. The van der Waals surface area contributed by atoms with Crippen molar-refractivity contribution in [2.75, 3.05) is 17.3 Å². The number of imide groups is 1. The van der Waals surface area contributed by atoms with E-state index < -0.39 is 6.04 Å². The van der Waals surface area contributed by atoms with Crippen molar-refractivity contribution >= 4 is 39.1 Å². The largest absolute Gasteiger partial charge is 0.497 e. The Hall–Kier alpha value is -2.34. The van der Waals surface area contributed by atoms with Crippen LogP contribution in [0.15, 0.2) is 53.0 Å². The molecule has 1 fully saturated rings. The highest BCUT2D eigenvalue weighted by Gasteiger charge is 2.39. The summed E-state index contributed by atoms with van der Waals surface area (Å²) in [5, 5.41) is 3.11. The SMILES string of the molecule is COc1cccc(NC2CC(=O)N(c3ccc(Br)cc3)C2=O)c1. The zero-order chi connectivity index (χ0) is 16.4. The number of benzene rings is 2. The van der Waals surface area contributed by atoms with Crippen molar-refractivity contribution in [2.45, 2.75) is 12.5 Å². The summed E-state index contributed by atoms with van der Waals surface area (Å²) in [6, 6.07) is 13.8. The van der Waals surface area contributed by atoms with Crippen LogP contribution in [-0.4, -0.2) is 25.0 Å². The van der Waals surface area contributed by atoms with Crippen LogP contribution >= 0.6 is 15.9 Å². The standard InChI is InChI=1S/C17H15BrN2O3/c1-23-14-4-2-3-12(9-14)19-15-10-16(21)20(17(15)22)13-7-5-11(18)6-8-13/h2-9,15,19H,10H2,1H3.